The van der Waals surface area contributed by atoms with Crippen molar-refractivity contribution >= 4 is 5.91 Å². The molecule has 8 nitrogen and oxygen atoms in total. The second-order valence-electron chi connectivity index (χ2n) is 4.17. The topological polar surface area (TPSA) is 101 Å². The Hall–Kier alpha value is -3.10. The predicted octanol–water partition coefficient (Wildman–Crippen LogP) is 0.454. The van der Waals surface area contributed by atoms with Gasteiger partial charge in [-0.25, -0.2) is 4.39 Å². The average Bonchev–Trinajstić information content (AvgIpc) is 3.15. The lowest BCUT2D eigenvalue weighted by Crippen LogP contribution is -2.24. The molecule has 0 bridgehead atoms. The molecule has 0 saturated heterocycles. The summed E-state index contributed by atoms with van der Waals surface area (Å²) >= 11 is 0. The molecule has 0 aliphatic carbocycles. The number of amides is 1. The van der Waals surface area contributed by atoms with Gasteiger partial charge >= 0.3 is 0 Å². The van der Waals surface area contributed by atoms with Crippen molar-refractivity contribution in [3.8, 4) is 5.95 Å². The highest BCUT2D eigenvalue weighted by Gasteiger charge is 2.12. The van der Waals surface area contributed by atoms with E-state index in [-0.39, 0.29) is 24.1 Å². The lowest BCUT2D eigenvalue weighted by Gasteiger charge is -2.02. The maximum atomic E-state index is 13.0. The third-order valence-corrected chi connectivity index (χ3v) is 2.68. The molecule has 1 aromatic carbocycles. The van der Waals surface area contributed by atoms with Crippen LogP contribution in [0.15, 0.2) is 36.9 Å². The molecular weight excluding hydrogens is 277 g/mol. The van der Waals surface area contributed by atoms with Gasteiger partial charge in [-0.05, 0) is 17.7 Å². The summed E-state index contributed by atoms with van der Waals surface area (Å²) < 4.78 is 14.5. The molecule has 0 fully saturated rings. The van der Waals surface area contributed by atoms with E-state index in [0.717, 1.165) is 0 Å². The van der Waals surface area contributed by atoms with Crippen molar-refractivity contribution in [3.05, 3.63) is 54.1 Å². The fourth-order valence-corrected chi connectivity index (χ4v) is 1.69. The summed E-state index contributed by atoms with van der Waals surface area (Å²) in [5.74, 6) is -0.478. The molecule has 2 heterocycles. The second kappa shape index (κ2) is 5.49. The molecule has 2 N–H and O–H groups in total. The summed E-state index contributed by atoms with van der Waals surface area (Å²) in [4.78, 5) is 15.9. The third-order valence-electron chi connectivity index (χ3n) is 2.68. The van der Waals surface area contributed by atoms with Crippen molar-refractivity contribution < 1.29 is 9.18 Å². The Kier molecular flexibility index (Phi) is 3.37. The third kappa shape index (κ3) is 2.91. The van der Waals surface area contributed by atoms with E-state index in [0.29, 0.717) is 5.56 Å². The molecule has 9 heteroatoms. The number of rotatable bonds is 4. The van der Waals surface area contributed by atoms with Gasteiger partial charge in [0, 0.05) is 6.54 Å². The number of carbonyl (C=O) groups excluding carboxylic acids is 1. The first-order chi connectivity index (χ1) is 10.2. The van der Waals surface area contributed by atoms with Crippen LogP contribution in [-0.4, -0.2) is 35.9 Å². The number of carbonyl (C=O) groups is 1. The first-order valence-electron chi connectivity index (χ1n) is 6.02. The largest absolute Gasteiger partial charge is 0.345 e. The molecule has 0 spiro atoms. The van der Waals surface area contributed by atoms with Gasteiger partial charge in [0.1, 0.15) is 18.5 Å². The molecular formula is C12H10FN7O. The number of nitrogens with zero attached hydrogens (tertiary/aromatic N) is 5. The summed E-state index contributed by atoms with van der Waals surface area (Å²) in [5, 5.41) is 16.3. The minimum Gasteiger partial charge on any atom is -0.345 e. The lowest BCUT2D eigenvalue weighted by atomic mass is 10.2. The molecule has 21 heavy (non-hydrogen) atoms. The molecule has 2 aromatic heterocycles. The van der Waals surface area contributed by atoms with Crippen molar-refractivity contribution in [3.63, 3.8) is 0 Å². The average molecular weight is 287 g/mol. The normalized spacial score (nSPS) is 10.5. The molecule has 1 amide bonds. The fraction of sp³-hybridized carbons (Fsp3) is 0.0833. The van der Waals surface area contributed by atoms with Gasteiger partial charge < -0.3 is 5.32 Å². The Bertz CT molecular complexity index is 753. The first kappa shape index (κ1) is 12.9. The summed E-state index contributed by atoms with van der Waals surface area (Å²) in [6.07, 6.45) is 2.83. The van der Waals surface area contributed by atoms with Crippen LogP contribution in [0.5, 0.6) is 0 Å². The van der Waals surface area contributed by atoms with Gasteiger partial charge in [0.15, 0.2) is 0 Å². The van der Waals surface area contributed by atoms with Crippen LogP contribution in [0.4, 0.5) is 4.39 Å². The zero-order valence-electron chi connectivity index (χ0n) is 10.7. The SMILES string of the molecule is O=C(NCc1cccc(F)c1)c1nc(-n2cnnc2)n[nH]1. The van der Waals surface area contributed by atoms with Gasteiger partial charge in [-0.3, -0.25) is 14.5 Å². The van der Waals surface area contributed by atoms with E-state index in [9.17, 15) is 9.18 Å². The van der Waals surface area contributed by atoms with Crippen molar-refractivity contribution in [1.82, 2.24) is 35.3 Å². The standard InChI is InChI=1S/C12H10FN7O/c13-9-3-1-2-8(4-9)5-14-11(21)10-17-12(19-18-10)20-6-15-16-7-20/h1-4,6-7H,5H2,(H,14,21)(H,17,18,19). The van der Waals surface area contributed by atoms with Gasteiger partial charge in [-0.15, -0.1) is 15.3 Å². The van der Waals surface area contributed by atoms with Gasteiger partial charge in [0.05, 0.1) is 0 Å². The number of aromatic nitrogens is 6. The van der Waals surface area contributed by atoms with E-state index in [4.69, 9.17) is 0 Å². The van der Waals surface area contributed by atoms with E-state index in [1.54, 1.807) is 12.1 Å². The highest BCUT2D eigenvalue weighted by Crippen LogP contribution is 2.04. The Balaban J connectivity index is 1.66. The van der Waals surface area contributed by atoms with E-state index in [2.05, 4.69) is 30.7 Å². The van der Waals surface area contributed by atoms with Gasteiger partial charge in [0.2, 0.25) is 5.82 Å². The number of hydrogen-bond acceptors (Lipinski definition) is 5. The van der Waals surface area contributed by atoms with E-state index in [1.165, 1.54) is 29.4 Å². The van der Waals surface area contributed by atoms with Gasteiger partial charge in [-0.1, -0.05) is 12.1 Å². The maximum Gasteiger partial charge on any atom is 0.288 e. The predicted molar refractivity (Wildman–Crippen MR) is 68.9 cm³/mol. The Morgan fingerprint density at radius 1 is 1.33 bits per heavy atom. The molecule has 0 atom stereocenters. The number of nitrogens with one attached hydrogen (secondary N) is 2. The maximum absolute atomic E-state index is 13.0. The molecule has 0 aliphatic rings. The van der Waals surface area contributed by atoms with Crippen molar-refractivity contribution in [2.75, 3.05) is 0 Å². The number of halogens is 1. The summed E-state index contributed by atoms with van der Waals surface area (Å²) in [7, 11) is 0. The van der Waals surface area contributed by atoms with E-state index < -0.39 is 5.91 Å². The van der Waals surface area contributed by atoms with Crippen LogP contribution in [0.2, 0.25) is 0 Å². The first-order valence-corrected chi connectivity index (χ1v) is 6.02. The molecule has 3 rings (SSSR count). The zero-order valence-corrected chi connectivity index (χ0v) is 10.7. The van der Waals surface area contributed by atoms with Crippen LogP contribution in [0.1, 0.15) is 16.2 Å². The molecule has 0 saturated carbocycles. The van der Waals surface area contributed by atoms with Gasteiger partial charge in [-0.2, -0.15) is 4.98 Å². The summed E-state index contributed by atoms with van der Waals surface area (Å²) in [6, 6.07) is 5.98. The fourth-order valence-electron chi connectivity index (χ4n) is 1.69. The minimum atomic E-state index is -0.439. The highest BCUT2D eigenvalue weighted by molar-refractivity contribution is 5.90. The van der Waals surface area contributed by atoms with Crippen LogP contribution in [-0.2, 0) is 6.54 Å². The summed E-state index contributed by atoms with van der Waals surface area (Å²) in [6.45, 7) is 0.194. The molecule has 3 aromatic rings. The Morgan fingerprint density at radius 2 is 2.14 bits per heavy atom. The summed E-state index contributed by atoms with van der Waals surface area (Å²) in [5.41, 5.74) is 0.655. The lowest BCUT2D eigenvalue weighted by molar-refractivity contribution is 0.0941. The monoisotopic (exact) mass is 287 g/mol. The van der Waals surface area contributed by atoms with E-state index >= 15 is 0 Å². The van der Waals surface area contributed by atoms with Crippen molar-refractivity contribution in [1.29, 1.82) is 0 Å². The van der Waals surface area contributed by atoms with E-state index in [1.807, 2.05) is 0 Å². The van der Waals surface area contributed by atoms with Crippen LogP contribution >= 0.6 is 0 Å². The van der Waals surface area contributed by atoms with Crippen LogP contribution < -0.4 is 5.32 Å². The zero-order chi connectivity index (χ0) is 14.7. The number of hydrogen-bond donors (Lipinski definition) is 2. The molecule has 0 aliphatic heterocycles. The molecule has 0 unspecified atom stereocenters. The van der Waals surface area contributed by atoms with Crippen LogP contribution in [0.3, 0.4) is 0 Å². The number of aromatic amines is 1. The highest BCUT2D eigenvalue weighted by atomic mass is 19.1. The second-order valence-corrected chi connectivity index (χ2v) is 4.17. The molecule has 0 radical (unpaired) electrons. The van der Waals surface area contributed by atoms with Gasteiger partial charge in [0.25, 0.3) is 11.9 Å². The number of benzene rings is 1. The smallest absolute Gasteiger partial charge is 0.288 e. The quantitative estimate of drug-likeness (QED) is 0.725. The van der Waals surface area contributed by atoms with Crippen molar-refractivity contribution in [2.45, 2.75) is 6.54 Å². The Labute approximate surface area is 118 Å². The Morgan fingerprint density at radius 3 is 2.90 bits per heavy atom. The number of H-pyrrole nitrogens is 1. The minimum absolute atomic E-state index is 0.0510. The van der Waals surface area contributed by atoms with Crippen molar-refractivity contribution in [2.24, 2.45) is 0 Å². The molecule has 106 valence electrons. The van der Waals surface area contributed by atoms with Crippen LogP contribution in [0.25, 0.3) is 5.95 Å². The van der Waals surface area contributed by atoms with Crippen LogP contribution in [0, 0.1) is 5.82 Å².